The van der Waals surface area contributed by atoms with E-state index < -0.39 is 11.9 Å². The van der Waals surface area contributed by atoms with E-state index in [0.717, 1.165) is 0 Å². The number of hydrogen-bond donors (Lipinski definition) is 0. The van der Waals surface area contributed by atoms with Crippen LogP contribution in [0.1, 0.15) is 52.7 Å². The van der Waals surface area contributed by atoms with E-state index in [2.05, 4.69) is 0 Å². The number of aliphatic imine (C=N–C) groups is 2. The summed E-state index contributed by atoms with van der Waals surface area (Å²) in [4.78, 5) is 37.9. The van der Waals surface area contributed by atoms with E-state index >= 15 is 0 Å². The van der Waals surface area contributed by atoms with E-state index in [1.54, 1.807) is 53.7 Å². The summed E-state index contributed by atoms with van der Waals surface area (Å²) in [5, 5.41) is 10.0. The van der Waals surface area contributed by atoms with Crippen molar-refractivity contribution < 1.29 is 35.6 Å². The molecule has 1 aliphatic rings. The molecule has 5 rings (SSSR count). The fourth-order valence-corrected chi connectivity index (χ4v) is 5.12. The number of esters is 2. The van der Waals surface area contributed by atoms with Crippen LogP contribution in [0.15, 0.2) is 136 Å². The van der Waals surface area contributed by atoms with Gasteiger partial charge in [0.15, 0.2) is 0 Å². The van der Waals surface area contributed by atoms with Crippen LogP contribution in [-0.2, 0) is 35.6 Å². The maximum Gasteiger partial charge on any atom is 2.00 e. The second-order valence-corrected chi connectivity index (χ2v) is 11.7. The molecule has 9 heteroatoms. The zero-order valence-electron chi connectivity index (χ0n) is 28.3. The number of rotatable bonds is 6. The number of carbonyl (C=O) groups is 2. The van der Waals surface area contributed by atoms with E-state index in [9.17, 15) is 9.59 Å². The van der Waals surface area contributed by atoms with Crippen molar-refractivity contribution >= 4 is 51.8 Å². The molecule has 252 valence electrons. The minimum Gasteiger partial charge on any atom is -0.659 e. The van der Waals surface area contributed by atoms with Gasteiger partial charge >= 0.3 is 28.4 Å². The van der Waals surface area contributed by atoms with Gasteiger partial charge in [-0.25, -0.2) is 14.6 Å². The Morgan fingerprint density at radius 3 is 1.57 bits per heavy atom. The third-order valence-corrected chi connectivity index (χ3v) is 7.19. The number of carbonyl (C=O) groups excluding carboxylic acids is 2. The summed E-state index contributed by atoms with van der Waals surface area (Å²) in [6.07, 6.45) is -0.764. The van der Waals surface area contributed by atoms with Gasteiger partial charge in [0.2, 0.25) is 0 Å². The largest absolute Gasteiger partial charge is 2.00 e. The average Bonchev–Trinajstić information content (AvgIpc) is 3.05. The van der Waals surface area contributed by atoms with Crippen LogP contribution in [0.2, 0.25) is 0 Å². The first-order valence-electron chi connectivity index (χ1n) is 15.9. The fraction of sp³-hybridized carbons (Fsp3) is 0.200. The van der Waals surface area contributed by atoms with Crippen molar-refractivity contribution in [3.8, 4) is 0 Å². The zero-order valence-corrected chi connectivity index (χ0v) is 29.3. The molecule has 0 atom stereocenters. The number of ether oxygens (including phenoxy) is 2. The molecule has 1 aliphatic heterocycles. The minimum absolute atomic E-state index is 0. The zero-order chi connectivity index (χ0) is 34.2. The normalized spacial score (nSPS) is 13.5. The van der Waals surface area contributed by atoms with Gasteiger partial charge in [-0.05, 0) is 52.3 Å². The molecule has 0 saturated carbocycles. The van der Waals surface area contributed by atoms with E-state index in [1.165, 1.54) is 0 Å². The van der Waals surface area contributed by atoms with Crippen LogP contribution < -0.4 is 0 Å². The molecular formula is C40H38N4NiO4. The molecule has 0 saturated heterocycles. The maximum absolute atomic E-state index is 13.9. The summed E-state index contributed by atoms with van der Waals surface area (Å²) >= 11 is 0. The van der Waals surface area contributed by atoms with Crippen molar-refractivity contribution in [1.29, 1.82) is 0 Å². The predicted molar refractivity (Wildman–Crippen MR) is 193 cm³/mol. The molecular weight excluding hydrogens is 659 g/mol. The molecule has 0 unspecified atom stereocenters. The van der Waals surface area contributed by atoms with Crippen molar-refractivity contribution in [1.82, 2.24) is 0 Å². The number of hydrogen-bond acceptors (Lipinski definition) is 6. The molecule has 0 aromatic heterocycles. The van der Waals surface area contributed by atoms with Crippen LogP contribution in [0.5, 0.6) is 0 Å². The molecule has 4 aromatic carbocycles. The number of allylic oxidation sites excluding steroid dienone is 1. The number of para-hydroxylation sites is 4. The van der Waals surface area contributed by atoms with Crippen LogP contribution >= 0.6 is 0 Å². The van der Waals surface area contributed by atoms with Gasteiger partial charge in [0, 0.05) is 16.9 Å². The predicted octanol–water partition coefficient (Wildman–Crippen LogP) is 10.2. The molecule has 0 N–H and O–H groups in total. The van der Waals surface area contributed by atoms with Gasteiger partial charge in [-0.15, -0.1) is 22.8 Å². The Balaban J connectivity index is 0.00000541. The molecule has 0 aliphatic carbocycles. The number of benzene rings is 4. The third kappa shape index (κ3) is 9.01. The minimum atomic E-state index is -0.559. The summed E-state index contributed by atoms with van der Waals surface area (Å²) in [5.41, 5.74) is 5.20. The Bertz CT molecular complexity index is 1930. The Labute approximate surface area is 298 Å². The van der Waals surface area contributed by atoms with E-state index in [4.69, 9.17) is 30.1 Å². The second-order valence-electron chi connectivity index (χ2n) is 11.7. The van der Waals surface area contributed by atoms with Crippen LogP contribution in [0.4, 0.5) is 22.7 Å². The summed E-state index contributed by atoms with van der Waals surface area (Å²) in [6, 6.07) is 33.5. The smallest absolute Gasteiger partial charge is 0.659 e. The Hall–Kier alpha value is -5.27. The van der Waals surface area contributed by atoms with Gasteiger partial charge in [-0.3, -0.25) is 4.99 Å². The molecule has 8 nitrogen and oxygen atoms in total. The Kier molecular flexibility index (Phi) is 12.5. The molecule has 0 radical (unpaired) electrons. The van der Waals surface area contributed by atoms with Crippen LogP contribution in [-0.4, -0.2) is 35.6 Å². The first-order valence-corrected chi connectivity index (χ1v) is 15.9. The standard InChI is InChI=1S/C40H40N4O4.Ni/c1-25(2)47-39(45)35-27(5)41-31-21-13-14-22-32(31)42-28(6)36(40(46)48-26(3)4)38(30-19-11-8-12-20-30)44-34-24-16-15-23-33(34)43-37(35)29-17-9-7-10-18-29;/h7-26H,1-6H3,(H2,41,42,43,44,45,46);/q;+2/p-2. The van der Waals surface area contributed by atoms with Crippen molar-refractivity contribution in [3.05, 3.63) is 148 Å². The van der Waals surface area contributed by atoms with Gasteiger partial charge in [-0.2, -0.15) is 0 Å². The summed E-state index contributed by atoms with van der Waals surface area (Å²) in [5.74, 6) is -1.12. The quantitative estimate of drug-likeness (QED) is 0.148. The first-order chi connectivity index (χ1) is 23.1. The number of fused-ring (bicyclic) bond motifs is 2. The number of nitrogens with zero attached hydrogens (tertiary/aromatic N) is 4. The molecule has 49 heavy (non-hydrogen) atoms. The van der Waals surface area contributed by atoms with Crippen molar-refractivity contribution in [3.63, 3.8) is 0 Å². The molecule has 0 amide bonds. The topological polar surface area (TPSA) is 106 Å². The first kappa shape index (κ1) is 36.6. The van der Waals surface area contributed by atoms with Gasteiger partial charge in [0.05, 0.1) is 34.8 Å². The van der Waals surface area contributed by atoms with Crippen molar-refractivity contribution in [2.45, 2.75) is 53.8 Å². The van der Waals surface area contributed by atoms with Crippen molar-refractivity contribution in [2.75, 3.05) is 0 Å². The molecule has 0 fully saturated rings. The molecule has 0 bridgehead atoms. The van der Waals surface area contributed by atoms with Crippen LogP contribution in [0.3, 0.4) is 0 Å². The summed E-state index contributed by atoms with van der Waals surface area (Å²) in [6.45, 7) is 10.7. The maximum atomic E-state index is 13.9. The summed E-state index contributed by atoms with van der Waals surface area (Å²) in [7, 11) is 0. The van der Waals surface area contributed by atoms with E-state index in [-0.39, 0.29) is 39.8 Å². The van der Waals surface area contributed by atoms with Gasteiger partial charge in [0.25, 0.3) is 0 Å². The van der Waals surface area contributed by atoms with Crippen molar-refractivity contribution in [2.24, 2.45) is 9.98 Å². The third-order valence-electron chi connectivity index (χ3n) is 7.19. The average molecular weight is 697 g/mol. The Morgan fingerprint density at radius 2 is 1.02 bits per heavy atom. The second kappa shape index (κ2) is 16.7. The van der Waals surface area contributed by atoms with Gasteiger partial charge in [0.1, 0.15) is 0 Å². The van der Waals surface area contributed by atoms with Crippen LogP contribution in [0.25, 0.3) is 16.3 Å². The molecule has 4 aromatic rings. The van der Waals surface area contributed by atoms with Gasteiger partial charge in [-0.1, -0.05) is 104 Å². The molecule has 0 spiro atoms. The molecule has 1 heterocycles. The summed E-state index contributed by atoms with van der Waals surface area (Å²) < 4.78 is 11.5. The van der Waals surface area contributed by atoms with Gasteiger partial charge < -0.3 is 20.1 Å². The Morgan fingerprint density at radius 1 is 0.571 bits per heavy atom. The monoisotopic (exact) mass is 696 g/mol. The van der Waals surface area contributed by atoms with Crippen LogP contribution in [0, 0.1) is 0 Å². The SMILES string of the molecule is CC1=Nc2ccccc2[N-]C(C)=C(C(=O)OC(C)C)C(c2ccccc2)=Nc2ccccc2[N-]C(c2ccccc2)=C1C(=O)OC(C)C.[Ni+2]. The van der Waals surface area contributed by atoms with E-state index in [1.807, 2.05) is 97.1 Å². The van der Waals surface area contributed by atoms with E-state index in [0.29, 0.717) is 56.7 Å². The fourth-order valence-electron chi connectivity index (χ4n) is 5.12.